The monoisotopic (exact) mass is 540 g/mol. The largest absolute Gasteiger partial charge is 0.475 e. The van der Waals surface area contributed by atoms with Gasteiger partial charge >= 0.3 is 6.03 Å². The highest BCUT2D eigenvalue weighted by Gasteiger charge is 2.24. The van der Waals surface area contributed by atoms with Crippen LogP contribution in [0.15, 0.2) is 54.7 Å². The summed E-state index contributed by atoms with van der Waals surface area (Å²) in [5.74, 6) is -0.843. The number of piperidine rings is 1. The molecule has 2 aromatic carbocycles. The zero-order chi connectivity index (χ0) is 27.6. The predicted molar refractivity (Wildman–Crippen MR) is 145 cm³/mol. The Morgan fingerprint density at radius 1 is 1.15 bits per heavy atom. The van der Waals surface area contributed by atoms with Gasteiger partial charge in [-0.25, -0.2) is 14.2 Å². The van der Waals surface area contributed by atoms with Crippen molar-refractivity contribution in [2.24, 2.45) is 5.92 Å². The number of carbonyl (C=O) groups excluding carboxylic acids is 1. The number of urea groups is 1. The number of aliphatic hydroxyl groups is 1. The summed E-state index contributed by atoms with van der Waals surface area (Å²) in [5.41, 5.74) is 2.23. The van der Waals surface area contributed by atoms with Gasteiger partial charge in [0.25, 0.3) is 5.88 Å². The van der Waals surface area contributed by atoms with Crippen LogP contribution in [0.3, 0.4) is 0 Å². The molecule has 0 bridgehead atoms. The van der Waals surface area contributed by atoms with E-state index in [1.54, 1.807) is 17.0 Å². The lowest BCUT2D eigenvalue weighted by atomic mass is 9.98. The van der Waals surface area contributed by atoms with Gasteiger partial charge in [0.05, 0.1) is 19.4 Å². The van der Waals surface area contributed by atoms with Crippen molar-refractivity contribution in [1.29, 1.82) is 0 Å². The third-order valence-corrected chi connectivity index (χ3v) is 6.60. The number of ether oxygens (including phenoxy) is 1. The van der Waals surface area contributed by atoms with Gasteiger partial charge in [0, 0.05) is 37.6 Å². The van der Waals surface area contributed by atoms with E-state index in [2.05, 4.69) is 25.5 Å². The van der Waals surface area contributed by atoms with E-state index < -0.39 is 11.6 Å². The van der Waals surface area contributed by atoms with E-state index >= 15 is 0 Å². The van der Waals surface area contributed by atoms with Crippen molar-refractivity contribution >= 4 is 23.4 Å². The lowest BCUT2D eigenvalue weighted by Gasteiger charge is -2.31. The fraction of sp³-hybridized carbons (Fsp3) is 0.393. The smallest absolute Gasteiger partial charge is 0.321 e. The topological polar surface area (TPSA) is 103 Å². The number of likely N-dealkylation sites (tertiary alicyclic amines) is 1. The lowest BCUT2D eigenvalue weighted by Crippen LogP contribution is -2.42. The van der Waals surface area contributed by atoms with Gasteiger partial charge in [-0.1, -0.05) is 25.1 Å². The van der Waals surface area contributed by atoms with Gasteiger partial charge in [0.2, 0.25) is 11.8 Å². The van der Waals surface area contributed by atoms with Crippen molar-refractivity contribution in [1.82, 2.24) is 19.8 Å². The quantitative estimate of drug-likeness (QED) is 0.326. The van der Waals surface area contributed by atoms with Crippen LogP contribution in [0.2, 0.25) is 0 Å². The van der Waals surface area contributed by atoms with Crippen LogP contribution in [0.25, 0.3) is 0 Å². The van der Waals surface area contributed by atoms with Gasteiger partial charge < -0.3 is 25.4 Å². The zero-order valence-corrected chi connectivity index (χ0v) is 21.9. The number of nitrogens with one attached hydrogen (secondary N) is 2. The molecule has 1 fully saturated rings. The van der Waals surface area contributed by atoms with Crippen molar-refractivity contribution in [3.63, 3.8) is 0 Å². The molecule has 1 saturated heterocycles. The molecule has 39 heavy (non-hydrogen) atoms. The van der Waals surface area contributed by atoms with Gasteiger partial charge in [0.1, 0.15) is 5.82 Å². The fourth-order valence-electron chi connectivity index (χ4n) is 4.41. The number of amides is 2. The summed E-state index contributed by atoms with van der Waals surface area (Å²) in [6, 6.07) is 13.2. The van der Waals surface area contributed by atoms with E-state index in [0.29, 0.717) is 44.7 Å². The van der Waals surface area contributed by atoms with Crippen LogP contribution in [-0.2, 0) is 6.54 Å². The Hall–Kier alpha value is -3.83. The number of carbonyl (C=O) groups is 1. The Kier molecular flexibility index (Phi) is 9.98. The van der Waals surface area contributed by atoms with Gasteiger partial charge in [-0.2, -0.15) is 9.37 Å². The molecule has 3 aromatic rings. The number of rotatable bonds is 11. The number of benzene rings is 2. The minimum Gasteiger partial charge on any atom is -0.475 e. The summed E-state index contributed by atoms with van der Waals surface area (Å²) < 4.78 is 33.5. The number of aromatic nitrogens is 2. The van der Waals surface area contributed by atoms with Crippen LogP contribution in [0, 0.1) is 17.6 Å². The van der Waals surface area contributed by atoms with Crippen LogP contribution in [-0.4, -0.2) is 70.3 Å². The molecule has 3 N–H and O–H groups in total. The fourth-order valence-corrected chi connectivity index (χ4v) is 4.41. The molecule has 11 heteroatoms. The van der Waals surface area contributed by atoms with E-state index in [4.69, 9.17) is 4.74 Å². The maximum absolute atomic E-state index is 14.4. The molecule has 0 aliphatic carbocycles. The van der Waals surface area contributed by atoms with Gasteiger partial charge in [-0.05, 0) is 61.2 Å². The van der Waals surface area contributed by atoms with Gasteiger partial charge in [0.15, 0.2) is 0 Å². The number of hydrogen-bond donors (Lipinski definition) is 3. The first-order valence-corrected chi connectivity index (χ1v) is 13.1. The summed E-state index contributed by atoms with van der Waals surface area (Å²) in [4.78, 5) is 24.5. The molecule has 208 valence electrons. The maximum atomic E-state index is 14.4. The van der Waals surface area contributed by atoms with Crippen molar-refractivity contribution in [3.05, 3.63) is 71.9 Å². The van der Waals surface area contributed by atoms with Crippen LogP contribution < -0.4 is 15.4 Å². The number of nitrogens with zero attached hydrogens (tertiary/aromatic N) is 4. The first-order valence-electron chi connectivity index (χ1n) is 13.1. The SMILES string of the molecule is CCN(CCO)Cc1cccc(Nc2ncc(F)c(OCC3CCN(C(=O)Nc4cccc(F)c4)CC3)n2)c1. The summed E-state index contributed by atoms with van der Waals surface area (Å²) >= 11 is 0. The third-order valence-electron chi connectivity index (χ3n) is 6.60. The molecule has 1 aliphatic rings. The van der Waals surface area contributed by atoms with E-state index in [1.807, 2.05) is 31.2 Å². The minimum atomic E-state index is -0.649. The number of aliphatic hydroxyl groups excluding tert-OH is 1. The van der Waals surface area contributed by atoms with Crippen LogP contribution in [0.5, 0.6) is 5.88 Å². The highest BCUT2D eigenvalue weighted by molar-refractivity contribution is 5.89. The predicted octanol–water partition coefficient (Wildman–Crippen LogP) is 4.64. The summed E-state index contributed by atoms with van der Waals surface area (Å²) in [7, 11) is 0. The molecule has 2 heterocycles. The van der Waals surface area contributed by atoms with Crippen LogP contribution in [0.4, 0.5) is 30.9 Å². The van der Waals surface area contributed by atoms with Crippen molar-refractivity contribution in [2.75, 3.05) is 50.0 Å². The van der Waals surface area contributed by atoms with E-state index in [-0.39, 0.29) is 37.0 Å². The van der Waals surface area contributed by atoms with Crippen LogP contribution >= 0.6 is 0 Å². The summed E-state index contributed by atoms with van der Waals surface area (Å²) in [6.07, 6.45) is 2.45. The molecule has 0 radical (unpaired) electrons. The highest BCUT2D eigenvalue weighted by atomic mass is 19.1. The molecular formula is C28H34F2N6O3. The second-order valence-corrected chi connectivity index (χ2v) is 9.45. The molecule has 4 rings (SSSR count). The molecular weight excluding hydrogens is 506 g/mol. The summed E-state index contributed by atoms with van der Waals surface area (Å²) in [6.45, 7) is 5.54. The number of likely N-dealkylation sites (N-methyl/N-ethyl adjacent to an activating group) is 1. The molecule has 9 nitrogen and oxygen atoms in total. The third kappa shape index (κ3) is 8.33. The van der Waals surface area contributed by atoms with Gasteiger partial charge in [-0.15, -0.1) is 0 Å². The summed E-state index contributed by atoms with van der Waals surface area (Å²) in [5, 5.41) is 15.0. The number of halogens is 2. The average Bonchev–Trinajstić information content (AvgIpc) is 2.93. The van der Waals surface area contributed by atoms with Crippen LogP contribution in [0.1, 0.15) is 25.3 Å². The molecule has 1 aliphatic heterocycles. The number of anilines is 3. The van der Waals surface area contributed by atoms with E-state index in [1.165, 1.54) is 12.1 Å². The second-order valence-electron chi connectivity index (χ2n) is 9.45. The molecule has 0 atom stereocenters. The maximum Gasteiger partial charge on any atom is 0.321 e. The Balaban J connectivity index is 1.28. The first-order chi connectivity index (χ1) is 18.9. The molecule has 0 spiro atoms. The Bertz CT molecular complexity index is 1240. The van der Waals surface area contributed by atoms with Crippen molar-refractivity contribution in [2.45, 2.75) is 26.3 Å². The standard InChI is InChI=1S/C28H34F2N6O3/c1-2-35(13-14-37)18-21-5-3-7-23(15-21)32-27-31-17-25(30)26(34-27)39-19-20-9-11-36(12-10-20)28(38)33-24-8-4-6-22(29)16-24/h3-8,15-17,20,37H,2,9-14,18-19H2,1H3,(H,33,38)(H,31,32,34). The Morgan fingerprint density at radius 3 is 2.67 bits per heavy atom. The lowest BCUT2D eigenvalue weighted by molar-refractivity contribution is 0.148. The van der Waals surface area contributed by atoms with E-state index in [9.17, 15) is 18.7 Å². The molecule has 1 aromatic heterocycles. The van der Waals surface area contributed by atoms with E-state index in [0.717, 1.165) is 24.0 Å². The van der Waals surface area contributed by atoms with Crippen molar-refractivity contribution < 1.29 is 23.4 Å². The second kappa shape index (κ2) is 13.8. The zero-order valence-electron chi connectivity index (χ0n) is 21.9. The first kappa shape index (κ1) is 28.2. The minimum absolute atomic E-state index is 0.100. The molecule has 2 amide bonds. The molecule has 0 unspecified atom stereocenters. The van der Waals surface area contributed by atoms with Crippen molar-refractivity contribution in [3.8, 4) is 5.88 Å². The Labute approximate surface area is 226 Å². The highest BCUT2D eigenvalue weighted by Crippen LogP contribution is 2.23. The normalized spacial score (nSPS) is 13.9. The molecule has 0 saturated carbocycles. The number of hydrogen-bond acceptors (Lipinski definition) is 7. The Morgan fingerprint density at radius 2 is 1.92 bits per heavy atom. The van der Waals surface area contributed by atoms with Gasteiger partial charge in [-0.3, -0.25) is 4.90 Å². The average molecular weight is 541 g/mol.